The molecule has 0 atom stereocenters. The van der Waals surface area contributed by atoms with Crippen LogP contribution in [0.3, 0.4) is 0 Å². The molecule has 1 fully saturated rings. The number of piperidine rings is 1. The van der Waals surface area contributed by atoms with Gasteiger partial charge in [-0.15, -0.1) is 0 Å². The van der Waals surface area contributed by atoms with Crippen molar-refractivity contribution in [3.05, 3.63) is 28.8 Å². The summed E-state index contributed by atoms with van der Waals surface area (Å²) in [5.41, 5.74) is 1.63. The first kappa shape index (κ1) is 14.4. The molecule has 0 saturated carbocycles. The highest BCUT2D eigenvalue weighted by Crippen LogP contribution is 2.34. The highest BCUT2D eigenvalue weighted by Gasteiger charge is 2.37. The molecular weight excluding hydrogens is 260 g/mol. The van der Waals surface area contributed by atoms with Crippen molar-refractivity contribution < 1.29 is 4.79 Å². The van der Waals surface area contributed by atoms with Crippen molar-refractivity contribution in [1.29, 1.82) is 0 Å². The number of rotatable bonds is 3. The third-order valence-electron chi connectivity index (χ3n) is 4.17. The van der Waals surface area contributed by atoms with Gasteiger partial charge in [0.15, 0.2) is 0 Å². The molecule has 3 nitrogen and oxygen atoms in total. The number of amides is 1. The van der Waals surface area contributed by atoms with E-state index in [1.807, 2.05) is 25.1 Å². The Kier molecular flexibility index (Phi) is 4.48. The maximum absolute atomic E-state index is 12.6. The van der Waals surface area contributed by atoms with Gasteiger partial charge >= 0.3 is 0 Å². The Morgan fingerprint density at radius 2 is 2.11 bits per heavy atom. The minimum atomic E-state index is -0.236. The first-order valence-electron chi connectivity index (χ1n) is 6.86. The first-order chi connectivity index (χ1) is 9.07. The maximum atomic E-state index is 12.6. The van der Waals surface area contributed by atoms with E-state index in [1.54, 1.807) is 0 Å². The average molecular weight is 281 g/mol. The van der Waals surface area contributed by atoms with Gasteiger partial charge in [-0.2, -0.15) is 0 Å². The molecule has 1 aliphatic rings. The zero-order chi connectivity index (χ0) is 13.9. The van der Waals surface area contributed by atoms with E-state index >= 15 is 0 Å². The molecule has 4 heteroatoms. The van der Waals surface area contributed by atoms with E-state index < -0.39 is 0 Å². The zero-order valence-electron chi connectivity index (χ0n) is 11.6. The average Bonchev–Trinajstić information content (AvgIpc) is 2.43. The molecule has 0 aliphatic carbocycles. The fourth-order valence-electron chi connectivity index (χ4n) is 2.63. The predicted molar refractivity (Wildman–Crippen MR) is 79.6 cm³/mol. The lowest BCUT2D eigenvalue weighted by atomic mass is 9.76. The smallest absolute Gasteiger partial charge is 0.230 e. The molecule has 0 bridgehead atoms. The number of carbonyl (C=O) groups excluding carboxylic acids is 1. The van der Waals surface area contributed by atoms with Gasteiger partial charge in [-0.25, -0.2) is 0 Å². The quantitative estimate of drug-likeness (QED) is 0.891. The van der Waals surface area contributed by atoms with Crippen molar-refractivity contribution >= 4 is 23.2 Å². The summed E-state index contributed by atoms with van der Waals surface area (Å²) in [5.74, 6) is 0.127. The Labute approximate surface area is 119 Å². The number of halogens is 1. The van der Waals surface area contributed by atoms with Crippen molar-refractivity contribution in [1.82, 2.24) is 5.32 Å². The van der Waals surface area contributed by atoms with E-state index in [0.29, 0.717) is 5.02 Å². The Bertz CT molecular complexity index is 467. The number of benzene rings is 1. The summed E-state index contributed by atoms with van der Waals surface area (Å²) < 4.78 is 0. The standard InChI is InChI=1S/C15H21ClN2O/c1-3-15(6-8-17-9-7-15)14(19)18-13-10-12(16)5-4-11(13)2/h4-5,10,17H,3,6-9H2,1-2H3,(H,18,19). The van der Waals surface area contributed by atoms with E-state index in [9.17, 15) is 4.79 Å². The van der Waals surface area contributed by atoms with E-state index in [0.717, 1.165) is 43.6 Å². The Hall–Kier alpha value is -1.06. The van der Waals surface area contributed by atoms with E-state index in [4.69, 9.17) is 11.6 Å². The van der Waals surface area contributed by atoms with Gasteiger partial charge in [-0.05, 0) is 57.0 Å². The van der Waals surface area contributed by atoms with Gasteiger partial charge in [-0.1, -0.05) is 24.6 Å². The molecule has 0 radical (unpaired) electrons. The van der Waals surface area contributed by atoms with Gasteiger partial charge in [0.25, 0.3) is 0 Å². The number of nitrogens with one attached hydrogen (secondary N) is 2. The van der Waals surface area contributed by atoms with Crippen molar-refractivity contribution in [3.8, 4) is 0 Å². The molecule has 104 valence electrons. The Morgan fingerprint density at radius 3 is 2.74 bits per heavy atom. The summed E-state index contributed by atoms with van der Waals surface area (Å²) in [4.78, 5) is 12.6. The Balaban J connectivity index is 2.17. The van der Waals surface area contributed by atoms with Crippen LogP contribution < -0.4 is 10.6 Å². The van der Waals surface area contributed by atoms with Crippen molar-refractivity contribution in [2.75, 3.05) is 18.4 Å². The molecule has 0 spiro atoms. The summed E-state index contributed by atoms with van der Waals surface area (Å²) in [5, 5.41) is 7.02. The summed E-state index contributed by atoms with van der Waals surface area (Å²) in [6.45, 7) is 5.90. The van der Waals surface area contributed by atoms with Gasteiger partial charge in [0.05, 0.1) is 5.41 Å². The van der Waals surface area contributed by atoms with Crippen molar-refractivity contribution in [3.63, 3.8) is 0 Å². The highest BCUT2D eigenvalue weighted by molar-refractivity contribution is 6.31. The Morgan fingerprint density at radius 1 is 1.42 bits per heavy atom. The topological polar surface area (TPSA) is 41.1 Å². The number of anilines is 1. The van der Waals surface area contributed by atoms with Crippen LogP contribution in [-0.2, 0) is 4.79 Å². The highest BCUT2D eigenvalue weighted by atomic mass is 35.5. The van der Waals surface area contributed by atoms with Crippen LogP contribution in [0.1, 0.15) is 31.7 Å². The summed E-state index contributed by atoms with van der Waals surface area (Å²) >= 11 is 5.99. The predicted octanol–water partition coefficient (Wildman–Crippen LogP) is 3.37. The summed E-state index contributed by atoms with van der Waals surface area (Å²) in [7, 11) is 0. The van der Waals surface area contributed by atoms with Gasteiger partial charge in [-0.3, -0.25) is 4.79 Å². The van der Waals surface area contributed by atoms with Crippen LogP contribution in [0.25, 0.3) is 0 Å². The maximum Gasteiger partial charge on any atom is 0.230 e. The lowest BCUT2D eigenvalue weighted by Gasteiger charge is -2.35. The minimum absolute atomic E-state index is 0.127. The van der Waals surface area contributed by atoms with E-state index in [2.05, 4.69) is 17.6 Å². The van der Waals surface area contributed by atoms with Crippen LogP contribution in [0.2, 0.25) is 5.02 Å². The third-order valence-corrected chi connectivity index (χ3v) is 4.40. The van der Waals surface area contributed by atoms with Crippen LogP contribution in [0, 0.1) is 12.3 Å². The zero-order valence-corrected chi connectivity index (χ0v) is 12.3. The second-order valence-corrected chi connectivity index (χ2v) is 5.73. The lowest BCUT2D eigenvalue weighted by Crippen LogP contribution is -2.44. The normalized spacial score (nSPS) is 18.1. The largest absolute Gasteiger partial charge is 0.325 e. The number of aryl methyl sites for hydroxylation is 1. The number of hydrogen-bond acceptors (Lipinski definition) is 2. The van der Waals surface area contributed by atoms with Gasteiger partial charge in [0.2, 0.25) is 5.91 Å². The molecule has 1 heterocycles. The number of carbonyl (C=O) groups is 1. The molecule has 2 N–H and O–H groups in total. The molecule has 1 aliphatic heterocycles. The van der Waals surface area contributed by atoms with Crippen LogP contribution in [0.15, 0.2) is 18.2 Å². The van der Waals surface area contributed by atoms with Gasteiger partial charge in [0, 0.05) is 10.7 Å². The number of hydrogen-bond donors (Lipinski definition) is 2. The second kappa shape index (κ2) is 5.93. The molecule has 1 aromatic carbocycles. The second-order valence-electron chi connectivity index (χ2n) is 5.30. The lowest BCUT2D eigenvalue weighted by molar-refractivity contribution is -0.127. The van der Waals surface area contributed by atoms with E-state index in [-0.39, 0.29) is 11.3 Å². The monoisotopic (exact) mass is 280 g/mol. The summed E-state index contributed by atoms with van der Waals surface area (Å²) in [6, 6.07) is 5.59. The van der Waals surface area contributed by atoms with Crippen LogP contribution >= 0.6 is 11.6 Å². The van der Waals surface area contributed by atoms with Gasteiger partial charge in [0.1, 0.15) is 0 Å². The fraction of sp³-hybridized carbons (Fsp3) is 0.533. The molecular formula is C15H21ClN2O. The molecule has 2 rings (SSSR count). The molecule has 1 aromatic rings. The molecule has 1 amide bonds. The fourth-order valence-corrected chi connectivity index (χ4v) is 2.80. The molecule has 0 aromatic heterocycles. The molecule has 19 heavy (non-hydrogen) atoms. The van der Waals surface area contributed by atoms with Gasteiger partial charge < -0.3 is 10.6 Å². The van der Waals surface area contributed by atoms with Crippen molar-refractivity contribution in [2.45, 2.75) is 33.1 Å². The molecule has 1 saturated heterocycles. The first-order valence-corrected chi connectivity index (χ1v) is 7.23. The SMILES string of the molecule is CCC1(C(=O)Nc2cc(Cl)ccc2C)CCNCC1. The third kappa shape index (κ3) is 3.10. The van der Waals surface area contributed by atoms with Crippen LogP contribution in [-0.4, -0.2) is 19.0 Å². The molecule has 0 unspecified atom stereocenters. The van der Waals surface area contributed by atoms with Crippen LogP contribution in [0.4, 0.5) is 5.69 Å². The van der Waals surface area contributed by atoms with E-state index in [1.165, 1.54) is 0 Å². The van der Waals surface area contributed by atoms with Crippen LogP contribution in [0.5, 0.6) is 0 Å². The summed E-state index contributed by atoms with van der Waals surface area (Å²) in [6.07, 6.45) is 2.67. The minimum Gasteiger partial charge on any atom is -0.325 e. The van der Waals surface area contributed by atoms with Crippen molar-refractivity contribution in [2.24, 2.45) is 5.41 Å².